The Kier molecular flexibility index (Phi) is 7.05. The number of nitrogens with zero attached hydrogens (tertiary/aromatic N) is 6. The van der Waals surface area contributed by atoms with Gasteiger partial charge < -0.3 is 18.3 Å². The van der Waals surface area contributed by atoms with E-state index in [0.717, 1.165) is 98.6 Å². The summed E-state index contributed by atoms with van der Waals surface area (Å²) in [6.07, 6.45) is 0. The standard InChI is InChI=1S/C56H32N6/c57-33-43-44(34-58)50(62-46-24-12-8-20-38(46)40-28-30-52-54(56(40)62)42-22-10-14-26-48(42)60(52)36-17-5-2-6-18-36)32-31-49(43)61-45-23-11-7-19-37(45)39-27-29-51-53(55(39)61)41-21-9-13-25-47(41)59(51)35-15-3-1-4-16-35/h1-32H. The smallest absolute Gasteiger partial charge is 0.103 e. The second kappa shape index (κ2) is 12.8. The van der Waals surface area contributed by atoms with Gasteiger partial charge in [0.25, 0.3) is 0 Å². The van der Waals surface area contributed by atoms with E-state index < -0.39 is 0 Å². The topological polar surface area (TPSA) is 67.3 Å². The van der Waals surface area contributed by atoms with Crippen LogP contribution in [0.1, 0.15) is 11.1 Å². The predicted molar refractivity (Wildman–Crippen MR) is 253 cm³/mol. The van der Waals surface area contributed by atoms with E-state index in [2.05, 4.69) is 188 Å². The Morgan fingerprint density at radius 2 is 0.613 bits per heavy atom. The summed E-state index contributed by atoms with van der Waals surface area (Å²) in [6, 6.07) is 72.8. The van der Waals surface area contributed by atoms with E-state index in [1.807, 2.05) is 36.4 Å². The van der Waals surface area contributed by atoms with Crippen LogP contribution in [0.5, 0.6) is 0 Å². The maximum absolute atomic E-state index is 11.4. The summed E-state index contributed by atoms with van der Waals surface area (Å²) >= 11 is 0. The lowest BCUT2D eigenvalue weighted by atomic mass is 10.0. The van der Waals surface area contributed by atoms with Gasteiger partial charge in [-0.2, -0.15) is 10.5 Å². The highest BCUT2D eigenvalue weighted by Gasteiger charge is 2.27. The van der Waals surface area contributed by atoms with Gasteiger partial charge in [0.05, 0.1) is 66.6 Å². The fourth-order valence-corrected chi connectivity index (χ4v) is 10.4. The number of aromatic nitrogens is 4. The summed E-state index contributed by atoms with van der Waals surface area (Å²) in [5, 5.41) is 31.4. The molecule has 9 aromatic carbocycles. The third-order valence-electron chi connectivity index (χ3n) is 12.8. The van der Waals surface area contributed by atoms with Crippen molar-refractivity contribution >= 4 is 87.2 Å². The van der Waals surface area contributed by atoms with Crippen molar-refractivity contribution in [3.63, 3.8) is 0 Å². The summed E-state index contributed by atoms with van der Waals surface area (Å²) in [5.41, 5.74) is 12.3. The molecule has 0 aliphatic rings. The van der Waals surface area contributed by atoms with Gasteiger partial charge >= 0.3 is 0 Å². The van der Waals surface area contributed by atoms with Crippen molar-refractivity contribution in [1.82, 2.24) is 18.3 Å². The highest BCUT2D eigenvalue weighted by Crippen LogP contribution is 2.45. The molecule has 0 saturated carbocycles. The van der Waals surface area contributed by atoms with E-state index in [1.165, 1.54) is 0 Å². The molecule has 0 amide bonds. The van der Waals surface area contributed by atoms with Gasteiger partial charge in [0.1, 0.15) is 12.1 Å². The Hall–Kier alpha value is -8.84. The van der Waals surface area contributed by atoms with Crippen molar-refractivity contribution in [3.05, 3.63) is 205 Å². The Morgan fingerprint density at radius 3 is 1.00 bits per heavy atom. The molecule has 286 valence electrons. The number of fused-ring (bicyclic) bond motifs is 14. The number of benzene rings is 9. The molecule has 0 fully saturated rings. The minimum absolute atomic E-state index is 0.321. The summed E-state index contributed by atoms with van der Waals surface area (Å²) in [7, 11) is 0. The molecule has 0 radical (unpaired) electrons. The molecule has 0 aliphatic heterocycles. The molecule has 0 N–H and O–H groups in total. The Labute approximate surface area is 354 Å². The summed E-state index contributed by atoms with van der Waals surface area (Å²) in [6.45, 7) is 0. The quantitative estimate of drug-likeness (QED) is 0.178. The summed E-state index contributed by atoms with van der Waals surface area (Å²) in [4.78, 5) is 0. The highest BCUT2D eigenvalue weighted by molar-refractivity contribution is 6.27. The van der Waals surface area contributed by atoms with Gasteiger partial charge in [0.2, 0.25) is 0 Å². The van der Waals surface area contributed by atoms with Crippen LogP contribution in [0.15, 0.2) is 194 Å². The van der Waals surface area contributed by atoms with Crippen molar-refractivity contribution in [2.75, 3.05) is 0 Å². The Bertz CT molecular complexity index is 3840. The molecule has 0 aliphatic carbocycles. The second-order valence-corrected chi connectivity index (χ2v) is 15.9. The van der Waals surface area contributed by atoms with Crippen molar-refractivity contribution in [1.29, 1.82) is 10.5 Å². The molecule has 6 heteroatoms. The molecule has 0 spiro atoms. The van der Waals surface area contributed by atoms with Gasteiger partial charge in [-0.1, -0.05) is 121 Å². The third kappa shape index (κ3) is 4.45. The van der Waals surface area contributed by atoms with E-state index in [0.29, 0.717) is 22.5 Å². The van der Waals surface area contributed by atoms with E-state index in [4.69, 9.17) is 0 Å². The SMILES string of the molecule is N#Cc1c(-n2c3ccccc3c3ccc4c(c5ccccc5n4-c4ccccc4)c32)ccc(-n2c3ccccc3c3ccc4c(c5ccccc5n4-c4ccccc4)c32)c1C#N. The zero-order chi connectivity index (χ0) is 41.1. The molecule has 0 atom stereocenters. The van der Waals surface area contributed by atoms with Crippen LogP contribution in [-0.4, -0.2) is 18.3 Å². The fourth-order valence-electron chi connectivity index (χ4n) is 10.4. The molecule has 62 heavy (non-hydrogen) atoms. The van der Waals surface area contributed by atoms with Crippen LogP contribution < -0.4 is 0 Å². The van der Waals surface area contributed by atoms with Crippen LogP contribution in [0.2, 0.25) is 0 Å². The summed E-state index contributed by atoms with van der Waals surface area (Å²) in [5.74, 6) is 0. The molecular weight excluding hydrogens is 757 g/mol. The third-order valence-corrected chi connectivity index (χ3v) is 12.8. The van der Waals surface area contributed by atoms with Crippen molar-refractivity contribution in [3.8, 4) is 34.9 Å². The van der Waals surface area contributed by atoms with Gasteiger partial charge in [-0.15, -0.1) is 0 Å². The van der Waals surface area contributed by atoms with Crippen LogP contribution in [-0.2, 0) is 0 Å². The molecule has 4 heterocycles. The molecule has 13 rings (SSSR count). The van der Waals surface area contributed by atoms with E-state index in [-0.39, 0.29) is 0 Å². The molecular formula is C56H32N6. The largest absolute Gasteiger partial charge is 0.309 e. The van der Waals surface area contributed by atoms with E-state index in [9.17, 15) is 10.5 Å². The van der Waals surface area contributed by atoms with Gasteiger partial charge in [-0.25, -0.2) is 0 Å². The first-order valence-electron chi connectivity index (χ1n) is 20.7. The van der Waals surface area contributed by atoms with Crippen LogP contribution in [0.25, 0.3) is 110 Å². The van der Waals surface area contributed by atoms with Crippen molar-refractivity contribution in [2.45, 2.75) is 0 Å². The highest BCUT2D eigenvalue weighted by atomic mass is 15.0. The number of hydrogen-bond acceptors (Lipinski definition) is 2. The molecule has 0 saturated heterocycles. The number of rotatable bonds is 4. The maximum atomic E-state index is 11.4. The minimum Gasteiger partial charge on any atom is -0.309 e. The Balaban J connectivity index is 1.16. The number of hydrogen-bond donors (Lipinski definition) is 0. The fraction of sp³-hybridized carbons (Fsp3) is 0. The Morgan fingerprint density at radius 1 is 0.274 bits per heavy atom. The molecule has 6 nitrogen and oxygen atoms in total. The van der Waals surface area contributed by atoms with Gasteiger partial charge in [0.15, 0.2) is 0 Å². The van der Waals surface area contributed by atoms with Crippen molar-refractivity contribution < 1.29 is 0 Å². The van der Waals surface area contributed by atoms with Gasteiger partial charge in [-0.05, 0) is 72.8 Å². The molecule has 13 aromatic rings. The zero-order valence-electron chi connectivity index (χ0n) is 33.2. The lowest BCUT2D eigenvalue weighted by Gasteiger charge is -2.17. The van der Waals surface area contributed by atoms with Crippen LogP contribution in [0.3, 0.4) is 0 Å². The van der Waals surface area contributed by atoms with Gasteiger partial charge in [0, 0.05) is 54.5 Å². The summed E-state index contributed by atoms with van der Waals surface area (Å²) < 4.78 is 9.07. The molecule has 0 unspecified atom stereocenters. The molecule has 0 bridgehead atoms. The van der Waals surface area contributed by atoms with Crippen LogP contribution in [0.4, 0.5) is 0 Å². The van der Waals surface area contributed by atoms with E-state index >= 15 is 0 Å². The average Bonchev–Trinajstić information content (AvgIpc) is 4.06. The maximum Gasteiger partial charge on any atom is 0.103 e. The average molecular weight is 789 g/mol. The zero-order valence-corrected chi connectivity index (χ0v) is 33.2. The van der Waals surface area contributed by atoms with Crippen molar-refractivity contribution in [2.24, 2.45) is 0 Å². The van der Waals surface area contributed by atoms with Crippen LogP contribution in [0, 0.1) is 22.7 Å². The van der Waals surface area contributed by atoms with E-state index in [1.54, 1.807) is 0 Å². The minimum atomic E-state index is 0.321. The first kappa shape index (κ1) is 34.1. The van der Waals surface area contributed by atoms with Gasteiger partial charge in [-0.3, -0.25) is 0 Å². The normalized spacial score (nSPS) is 11.8. The van der Waals surface area contributed by atoms with Crippen LogP contribution >= 0.6 is 0 Å². The predicted octanol–water partition coefficient (Wildman–Crippen LogP) is 13.8. The monoisotopic (exact) mass is 788 g/mol. The lowest BCUT2D eigenvalue weighted by Crippen LogP contribution is -2.05. The molecule has 4 aromatic heterocycles. The second-order valence-electron chi connectivity index (χ2n) is 15.9. The number of para-hydroxylation sites is 6. The lowest BCUT2D eigenvalue weighted by molar-refractivity contribution is 1.13. The number of nitriles is 2. The first-order chi connectivity index (χ1) is 30.7. The first-order valence-corrected chi connectivity index (χ1v) is 20.7.